The third kappa shape index (κ3) is 5.19. The van der Waals surface area contributed by atoms with Crippen LogP contribution in [-0.2, 0) is 11.8 Å². The number of furan rings is 1. The number of nitrogens with one attached hydrogen (secondary N) is 3. The number of nitrogens with zero attached hydrogens (tertiary/aromatic N) is 2. The van der Waals surface area contributed by atoms with Crippen LogP contribution in [0.1, 0.15) is 53.1 Å². The van der Waals surface area contributed by atoms with Gasteiger partial charge in [0.2, 0.25) is 5.91 Å². The van der Waals surface area contributed by atoms with Crippen LogP contribution in [0, 0.1) is 5.92 Å². The Bertz CT molecular complexity index is 1160. The molecule has 0 radical (unpaired) electrons. The second-order valence-electron chi connectivity index (χ2n) is 8.55. The first kappa shape index (κ1) is 23.3. The minimum Gasteiger partial charge on any atom is -0.451 e. The number of carbonyl (C=O) groups excluding carboxylic acids is 3. The summed E-state index contributed by atoms with van der Waals surface area (Å²) < 4.78 is 7.43. The van der Waals surface area contributed by atoms with Crippen molar-refractivity contribution >= 4 is 23.4 Å². The van der Waals surface area contributed by atoms with Crippen LogP contribution in [0.15, 0.2) is 53.3 Å². The lowest BCUT2D eigenvalue weighted by Crippen LogP contribution is -2.50. The lowest BCUT2D eigenvalue weighted by molar-refractivity contribution is -0.124. The Morgan fingerprint density at radius 3 is 2.41 bits per heavy atom. The number of benzene rings is 1. The second kappa shape index (κ2) is 10.4. The monoisotopic (exact) mass is 463 g/mol. The summed E-state index contributed by atoms with van der Waals surface area (Å²) in [6.07, 6.45) is 8.21. The van der Waals surface area contributed by atoms with Crippen LogP contribution in [0.2, 0.25) is 0 Å². The fourth-order valence-corrected chi connectivity index (χ4v) is 4.34. The number of imidazole rings is 1. The zero-order valence-corrected chi connectivity index (χ0v) is 19.3. The lowest BCUT2D eigenvalue weighted by atomic mass is 9.83. The number of likely N-dealkylation sites (N-methyl/N-ethyl adjacent to an activating group) is 1. The Balaban J connectivity index is 1.41. The average Bonchev–Trinajstić information content (AvgIpc) is 3.52. The molecule has 1 aromatic carbocycles. The molecule has 1 saturated carbocycles. The van der Waals surface area contributed by atoms with Crippen molar-refractivity contribution in [3.63, 3.8) is 0 Å². The highest BCUT2D eigenvalue weighted by molar-refractivity contribution is 6.03. The SMILES string of the molecule is CNC(=O)[C@@H](NC(=O)c1ccc(-c2ccc(NC(=O)c3cncn3C)cc2)o1)C1CCCCC1. The fourth-order valence-electron chi connectivity index (χ4n) is 4.34. The molecule has 0 aliphatic heterocycles. The number of aryl methyl sites for hydroxylation is 1. The van der Waals surface area contributed by atoms with Gasteiger partial charge in [-0.25, -0.2) is 4.98 Å². The van der Waals surface area contributed by atoms with Crippen LogP contribution >= 0.6 is 0 Å². The van der Waals surface area contributed by atoms with Crippen molar-refractivity contribution < 1.29 is 18.8 Å². The van der Waals surface area contributed by atoms with Crippen LogP contribution < -0.4 is 16.0 Å². The Morgan fingerprint density at radius 2 is 1.76 bits per heavy atom. The lowest BCUT2D eigenvalue weighted by Gasteiger charge is -2.29. The number of hydrogen-bond donors (Lipinski definition) is 3. The molecule has 34 heavy (non-hydrogen) atoms. The predicted molar refractivity (Wildman–Crippen MR) is 127 cm³/mol. The summed E-state index contributed by atoms with van der Waals surface area (Å²) in [5.41, 5.74) is 1.84. The molecule has 1 fully saturated rings. The van der Waals surface area contributed by atoms with E-state index in [1.165, 1.54) is 6.20 Å². The molecule has 0 bridgehead atoms. The van der Waals surface area contributed by atoms with Crippen LogP contribution in [0.3, 0.4) is 0 Å². The highest BCUT2D eigenvalue weighted by Crippen LogP contribution is 2.28. The van der Waals surface area contributed by atoms with E-state index in [1.807, 2.05) is 0 Å². The van der Waals surface area contributed by atoms with Crippen LogP contribution in [0.25, 0.3) is 11.3 Å². The van der Waals surface area contributed by atoms with E-state index in [0.717, 1.165) is 37.7 Å². The first-order chi connectivity index (χ1) is 16.5. The quantitative estimate of drug-likeness (QED) is 0.497. The Labute approximate surface area is 197 Å². The fraction of sp³-hybridized carbons (Fsp3) is 0.360. The van der Waals surface area contributed by atoms with E-state index in [1.54, 1.807) is 61.4 Å². The van der Waals surface area contributed by atoms with Gasteiger partial charge in [0.1, 0.15) is 17.5 Å². The first-order valence-corrected chi connectivity index (χ1v) is 11.5. The van der Waals surface area contributed by atoms with Crippen molar-refractivity contribution in [3.05, 3.63) is 60.4 Å². The molecule has 0 unspecified atom stereocenters. The van der Waals surface area contributed by atoms with Crippen molar-refractivity contribution in [2.24, 2.45) is 13.0 Å². The van der Waals surface area contributed by atoms with Crippen LogP contribution in [-0.4, -0.2) is 40.4 Å². The molecular weight excluding hydrogens is 434 g/mol. The van der Waals surface area contributed by atoms with Gasteiger partial charge < -0.3 is 24.9 Å². The Hall–Kier alpha value is -3.88. The van der Waals surface area contributed by atoms with E-state index in [2.05, 4.69) is 20.9 Å². The van der Waals surface area contributed by atoms with Crippen molar-refractivity contribution in [3.8, 4) is 11.3 Å². The number of anilines is 1. The molecule has 3 N–H and O–H groups in total. The largest absolute Gasteiger partial charge is 0.451 e. The summed E-state index contributed by atoms with van der Waals surface area (Å²) in [4.78, 5) is 41.5. The maximum atomic E-state index is 12.8. The summed E-state index contributed by atoms with van der Waals surface area (Å²) in [5, 5.41) is 8.35. The smallest absolute Gasteiger partial charge is 0.287 e. The topological polar surface area (TPSA) is 118 Å². The molecule has 9 heteroatoms. The maximum Gasteiger partial charge on any atom is 0.287 e. The van der Waals surface area contributed by atoms with Gasteiger partial charge in [0.15, 0.2) is 5.76 Å². The molecule has 1 aliphatic rings. The molecule has 3 amide bonds. The van der Waals surface area contributed by atoms with Gasteiger partial charge in [-0.2, -0.15) is 0 Å². The molecule has 178 valence electrons. The molecule has 9 nitrogen and oxygen atoms in total. The standard InChI is InChI=1S/C25H29N5O4/c1-26-25(33)22(17-6-4-3-5-7-17)29-24(32)21-13-12-20(34-21)16-8-10-18(11-9-16)28-23(31)19-14-27-15-30(19)2/h8-15,17,22H,3-7H2,1-2H3,(H,26,33)(H,28,31)(H,29,32)/t22-/m0/s1. The first-order valence-electron chi connectivity index (χ1n) is 11.5. The Morgan fingerprint density at radius 1 is 1.03 bits per heavy atom. The summed E-state index contributed by atoms with van der Waals surface area (Å²) in [5.74, 6) is -0.0621. The van der Waals surface area contributed by atoms with Gasteiger partial charge >= 0.3 is 0 Å². The van der Waals surface area contributed by atoms with Gasteiger partial charge in [-0.15, -0.1) is 0 Å². The van der Waals surface area contributed by atoms with Gasteiger partial charge in [-0.3, -0.25) is 14.4 Å². The highest BCUT2D eigenvalue weighted by atomic mass is 16.4. The van der Waals surface area contributed by atoms with E-state index in [4.69, 9.17) is 4.42 Å². The second-order valence-corrected chi connectivity index (χ2v) is 8.55. The zero-order valence-electron chi connectivity index (χ0n) is 19.3. The number of carbonyl (C=O) groups is 3. The van der Waals surface area contributed by atoms with E-state index in [-0.39, 0.29) is 23.5 Å². The zero-order chi connectivity index (χ0) is 24.1. The average molecular weight is 464 g/mol. The van der Waals surface area contributed by atoms with Gasteiger partial charge in [0.25, 0.3) is 11.8 Å². The summed E-state index contributed by atoms with van der Waals surface area (Å²) >= 11 is 0. The normalized spacial score (nSPS) is 14.9. The third-order valence-electron chi connectivity index (χ3n) is 6.24. The predicted octanol–water partition coefficient (Wildman–Crippen LogP) is 3.36. The van der Waals surface area contributed by atoms with Gasteiger partial charge in [-0.05, 0) is 55.2 Å². The molecule has 3 aromatic rings. The van der Waals surface area contributed by atoms with Gasteiger partial charge in [-0.1, -0.05) is 19.3 Å². The van der Waals surface area contributed by atoms with Crippen molar-refractivity contribution in [1.82, 2.24) is 20.2 Å². The summed E-state index contributed by atoms with van der Waals surface area (Å²) in [6, 6.07) is 9.86. The van der Waals surface area contributed by atoms with Gasteiger partial charge in [0, 0.05) is 25.3 Å². The van der Waals surface area contributed by atoms with E-state index in [9.17, 15) is 14.4 Å². The maximum absolute atomic E-state index is 12.8. The summed E-state index contributed by atoms with van der Waals surface area (Å²) in [6.45, 7) is 0. The number of rotatable bonds is 7. The highest BCUT2D eigenvalue weighted by Gasteiger charge is 2.31. The minimum atomic E-state index is -0.575. The number of amides is 3. The molecular formula is C25H29N5O4. The molecule has 0 saturated heterocycles. The summed E-state index contributed by atoms with van der Waals surface area (Å²) in [7, 11) is 3.33. The molecule has 1 aliphatic carbocycles. The molecule has 2 heterocycles. The van der Waals surface area contributed by atoms with Crippen molar-refractivity contribution in [1.29, 1.82) is 0 Å². The molecule has 1 atom stereocenters. The van der Waals surface area contributed by atoms with E-state index < -0.39 is 11.9 Å². The van der Waals surface area contributed by atoms with Crippen LogP contribution in [0.4, 0.5) is 5.69 Å². The van der Waals surface area contributed by atoms with Crippen molar-refractivity contribution in [2.75, 3.05) is 12.4 Å². The van der Waals surface area contributed by atoms with Crippen molar-refractivity contribution in [2.45, 2.75) is 38.1 Å². The number of aromatic nitrogens is 2. The molecule has 0 spiro atoms. The Kier molecular flexibility index (Phi) is 7.10. The number of hydrogen-bond acceptors (Lipinski definition) is 5. The minimum absolute atomic E-state index is 0.126. The van der Waals surface area contributed by atoms with Crippen LogP contribution in [0.5, 0.6) is 0 Å². The van der Waals surface area contributed by atoms with E-state index in [0.29, 0.717) is 17.1 Å². The molecule has 4 rings (SSSR count). The van der Waals surface area contributed by atoms with Gasteiger partial charge in [0.05, 0.1) is 12.5 Å². The van der Waals surface area contributed by atoms with E-state index >= 15 is 0 Å². The molecule has 2 aromatic heterocycles. The third-order valence-corrected chi connectivity index (χ3v) is 6.24.